The molecule has 2 saturated heterocycles. The largest absolute Gasteiger partial charge is 0.464 e. The van der Waals surface area contributed by atoms with Crippen LogP contribution in [0.1, 0.15) is 30.1 Å². The van der Waals surface area contributed by atoms with Crippen LogP contribution in [0.25, 0.3) is 11.3 Å². The van der Waals surface area contributed by atoms with E-state index in [0.29, 0.717) is 56.0 Å². The first-order chi connectivity index (χ1) is 15.9. The molecule has 9 heteroatoms. The molecular formula is C24H26N4O5. The highest BCUT2D eigenvalue weighted by Crippen LogP contribution is 2.31. The quantitative estimate of drug-likeness (QED) is 0.752. The van der Waals surface area contributed by atoms with Gasteiger partial charge in [0.05, 0.1) is 24.1 Å². The van der Waals surface area contributed by atoms with Gasteiger partial charge in [0.2, 0.25) is 17.7 Å². The van der Waals surface area contributed by atoms with Crippen LogP contribution in [0.15, 0.2) is 41.0 Å². The van der Waals surface area contributed by atoms with Crippen LogP contribution in [-0.2, 0) is 14.4 Å². The fourth-order valence-corrected chi connectivity index (χ4v) is 4.95. The molecule has 3 aliphatic heterocycles. The van der Waals surface area contributed by atoms with Gasteiger partial charge in [0.15, 0.2) is 0 Å². The molecule has 9 nitrogen and oxygen atoms in total. The van der Waals surface area contributed by atoms with Gasteiger partial charge in [-0.1, -0.05) is 0 Å². The second kappa shape index (κ2) is 8.38. The second-order valence-corrected chi connectivity index (χ2v) is 8.81. The third-order valence-corrected chi connectivity index (χ3v) is 6.86. The van der Waals surface area contributed by atoms with Gasteiger partial charge in [-0.3, -0.25) is 19.2 Å². The minimum Gasteiger partial charge on any atom is -0.464 e. The molecule has 3 aliphatic rings. The van der Waals surface area contributed by atoms with Crippen molar-refractivity contribution in [3.8, 4) is 11.3 Å². The number of furan rings is 1. The van der Waals surface area contributed by atoms with Crippen LogP contribution in [0.3, 0.4) is 0 Å². The number of benzene rings is 1. The van der Waals surface area contributed by atoms with Gasteiger partial charge in [0.25, 0.3) is 5.91 Å². The van der Waals surface area contributed by atoms with Crippen LogP contribution in [0.5, 0.6) is 0 Å². The summed E-state index contributed by atoms with van der Waals surface area (Å²) < 4.78 is 5.44. The van der Waals surface area contributed by atoms with Crippen LogP contribution in [0.4, 0.5) is 5.69 Å². The summed E-state index contributed by atoms with van der Waals surface area (Å²) in [4.78, 5) is 56.1. The van der Waals surface area contributed by atoms with Crippen LogP contribution < -0.4 is 5.32 Å². The van der Waals surface area contributed by atoms with Gasteiger partial charge in [-0.05, 0) is 43.2 Å². The van der Waals surface area contributed by atoms with Gasteiger partial charge in [-0.2, -0.15) is 0 Å². The molecule has 172 valence electrons. The number of hydrogen-bond acceptors (Lipinski definition) is 5. The average Bonchev–Trinajstić information content (AvgIpc) is 3.35. The fraction of sp³-hybridized carbons (Fsp3) is 0.417. The summed E-state index contributed by atoms with van der Waals surface area (Å²) in [5, 5.41) is 2.87. The molecule has 0 unspecified atom stereocenters. The summed E-state index contributed by atoms with van der Waals surface area (Å²) in [6, 6.07) is 8.11. The van der Waals surface area contributed by atoms with E-state index in [0.717, 1.165) is 5.56 Å². The van der Waals surface area contributed by atoms with Crippen molar-refractivity contribution in [3.05, 3.63) is 42.2 Å². The summed E-state index contributed by atoms with van der Waals surface area (Å²) >= 11 is 0. The molecule has 4 heterocycles. The maximum absolute atomic E-state index is 13.4. The number of carbonyl (C=O) groups is 4. The Bertz CT molecular complexity index is 1100. The summed E-state index contributed by atoms with van der Waals surface area (Å²) in [7, 11) is 0. The maximum Gasteiger partial charge on any atom is 0.256 e. The maximum atomic E-state index is 13.4. The van der Waals surface area contributed by atoms with Crippen LogP contribution >= 0.6 is 0 Å². The molecule has 1 N–H and O–H groups in total. The standard InChI is InChI=1S/C24H26N4O5/c1-15(29)26-8-6-16(7-9-26)23(31)27-10-11-28-20(14-27)22(30)25-19-5-4-17(13-18(19)24(28)32)21-3-2-12-33-21/h2-5,12-13,16,20H,6-11,14H2,1H3,(H,25,30)/t20-/m1/s1. The minimum absolute atomic E-state index is 0.0000299. The van der Waals surface area contributed by atoms with E-state index in [1.807, 2.05) is 6.07 Å². The Morgan fingerprint density at radius 1 is 1.03 bits per heavy atom. The first-order valence-corrected chi connectivity index (χ1v) is 11.3. The molecule has 2 fully saturated rings. The fourth-order valence-electron chi connectivity index (χ4n) is 4.95. The normalized spacial score (nSPS) is 21.2. The lowest BCUT2D eigenvalue weighted by molar-refractivity contribution is -0.143. The Hall–Kier alpha value is -3.62. The molecule has 0 radical (unpaired) electrons. The second-order valence-electron chi connectivity index (χ2n) is 8.81. The SMILES string of the molecule is CC(=O)N1CCC(C(=O)N2CCN3C(=O)c4cc(-c5ccco5)ccc4NC(=O)[C@H]3C2)CC1. The number of nitrogens with one attached hydrogen (secondary N) is 1. The van der Waals surface area contributed by atoms with E-state index < -0.39 is 6.04 Å². The molecule has 2 aromatic rings. The number of anilines is 1. The summed E-state index contributed by atoms with van der Waals surface area (Å²) in [5.41, 5.74) is 1.63. The van der Waals surface area contributed by atoms with Crippen LogP contribution in [-0.4, -0.2) is 77.1 Å². The Balaban J connectivity index is 1.32. The van der Waals surface area contributed by atoms with Gasteiger partial charge in [0.1, 0.15) is 11.8 Å². The summed E-state index contributed by atoms with van der Waals surface area (Å²) in [5.74, 6) is -0.0213. The van der Waals surface area contributed by atoms with Crippen molar-refractivity contribution in [2.75, 3.05) is 38.0 Å². The number of carbonyl (C=O) groups excluding carboxylic acids is 4. The number of rotatable bonds is 2. The minimum atomic E-state index is -0.744. The molecule has 5 rings (SSSR count). The van der Waals surface area contributed by atoms with Crippen molar-refractivity contribution in [2.45, 2.75) is 25.8 Å². The highest BCUT2D eigenvalue weighted by molar-refractivity contribution is 6.10. The lowest BCUT2D eigenvalue weighted by atomic mass is 9.94. The van der Waals surface area contributed by atoms with E-state index in [-0.39, 0.29) is 36.1 Å². The third-order valence-electron chi connectivity index (χ3n) is 6.86. The van der Waals surface area contributed by atoms with Gasteiger partial charge < -0.3 is 24.4 Å². The van der Waals surface area contributed by atoms with Crippen LogP contribution in [0.2, 0.25) is 0 Å². The highest BCUT2D eigenvalue weighted by atomic mass is 16.3. The van der Waals surface area contributed by atoms with Crippen LogP contribution in [0, 0.1) is 5.92 Å². The Kier molecular flexibility index (Phi) is 5.39. The Labute approximate surface area is 191 Å². The van der Waals surface area contributed by atoms with Gasteiger partial charge in [-0.15, -0.1) is 0 Å². The van der Waals surface area contributed by atoms with E-state index >= 15 is 0 Å². The molecule has 33 heavy (non-hydrogen) atoms. The molecule has 1 atom stereocenters. The predicted molar refractivity (Wildman–Crippen MR) is 119 cm³/mol. The zero-order valence-corrected chi connectivity index (χ0v) is 18.5. The van der Waals surface area contributed by atoms with Crippen molar-refractivity contribution in [1.29, 1.82) is 0 Å². The zero-order chi connectivity index (χ0) is 23.1. The summed E-state index contributed by atoms with van der Waals surface area (Å²) in [6.07, 6.45) is 2.81. The monoisotopic (exact) mass is 450 g/mol. The van der Waals surface area contributed by atoms with Gasteiger partial charge >= 0.3 is 0 Å². The molecule has 0 saturated carbocycles. The average molecular weight is 450 g/mol. The number of piperazine rings is 1. The number of fused-ring (bicyclic) bond motifs is 2. The van der Waals surface area contributed by atoms with Crippen molar-refractivity contribution in [1.82, 2.24) is 14.7 Å². The number of piperidine rings is 1. The first kappa shape index (κ1) is 21.2. The smallest absolute Gasteiger partial charge is 0.256 e. The zero-order valence-electron chi connectivity index (χ0n) is 18.5. The molecule has 0 aliphatic carbocycles. The lowest BCUT2D eigenvalue weighted by Gasteiger charge is -2.41. The number of hydrogen-bond donors (Lipinski definition) is 1. The molecular weight excluding hydrogens is 424 g/mol. The topological polar surface area (TPSA) is 103 Å². The molecule has 4 amide bonds. The van der Waals surface area contributed by atoms with Crippen molar-refractivity contribution < 1.29 is 23.6 Å². The van der Waals surface area contributed by atoms with E-state index in [1.54, 1.807) is 52.2 Å². The summed E-state index contributed by atoms with van der Waals surface area (Å²) in [6.45, 7) is 3.53. The van der Waals surface area contributed by atoms with E-state index in [9.17, 15) is 19.2 Å². The Morgan fingerprint density at radius 2 is 1.82 bits per heavy atom. The van der Waals surface area contributed by atoms with Crippen molar-refractivity contribution in [3.63, 3.8) is 0 Å². The molecule has 1 aromatic carbocycles. The van der Waals surface area contributed by atoms with E-state index in [1.165, 1.54) is 0 Å². The first-order valence-electron chi connectivity index (χ1n) is 11.3. The number of likely N-dealkylation sites (tertiary alicyclic amines) is 1. The van der Waals surface area contributed by atoms with Crippen molar-refractivity contribution >= 4 is 29.3 Å². The van der Waals surface area contributed by atoms with E-state index in [2.05, 4.69) is 5.32 Å². The Morgan fingerprint density at radius 3 is 2.52 bits per heavy atom. The number of nitrogens with zero attached hydrogens (tertiary/aromatic N) is 3. The molecule has 1 aromatic heterocycles. The molecule has 0 bridgehead atoms. The lowest BCUT2D eigenvalue weighted by Crippen LogP contribution is -2.60. The molecule has 0 spiro atoms. The number of amides is 4. The predicted octanol–water partition coefficient (Wildman–Crippen LogP) is 1.81. The third kappa shape index (κ3) is 3.88. The van der Waals surface area contributed by atoms with Gasteiger partial charge in [0, 0.05) is 44.6 Å². The van der Waals surface area contributed by atoms with Gasteiger partial charge in [-0.25, -0.2) is 0 Å². The van der Waals surface area contributed by atoms with Crippen molar-refractivity contribution in [2.24, 2.45) is 5.92 Å². The highest BCUT2D eigenvalue weighted by Gasteiger charge is 2.42. The van der Waals surface area contributed by atoms with E-state index in [4.69, 9.17) is 4.42 Å².